The molecule has 0 saturated carbocycles. The maximum absolute atomic E-state index is 4.32. The van der Waals surface area contributed by atoms with Crippen molar-refractivity contribution in [3.8, 4) is 0 Å². The molecule has 0 amide bonds. The standard InChI is InChI=1S/C12H22N4S/c1-6-9-10(13-4)15-8-16-11(9)14-7-12(2,3)17-5/h8H,6-7H2,1-5H3,(H2,13,14,15,16). The number of anilines is 2. The topological polar surface area (TPSA) is 49.8 Å². The third kappa shape index (κ3) is 3.77. The highest BCUT2D eigenvalue weighted by atomic mass is 32.2. The largest absolute Gasteiger partial charge is 0.373 e. The highest BCUT2D eigenvalue weighted by Crippen LogP contribution is 2.24. The van der Waals surface area contributed by atoms with Crippen LogP contribution in [0.5, 0.6) is 0 Å². The van der Waals surface area contributed by atoms with E-state index in [9.17, 15) is 0 Å². The molecule has 0 aliphatic carbocycles. The van der Waals surface area contributed by atoms with E-state index in [1.165, 1.54) is 0 Å². The number of aromatic nitrogens is 2. The van der Waals surface area contributed by atoms with Crippen LogP contribution < -0.4 is 10.6 Å². The number of rotatable bonds is 6. The Bertz CT molecular complexity index is 366. The number of hydrogen-bond acceptors (Lipinski definition) is 5. The van der Waals surface area contributed by atoms with Gasteiger partial charge in [-0.2, -0.15) is 11.8 Å². The summed E-state index contributed by atoms with van der Waals surface area (Å²) in [7, 11) is 1.89. The number of thioether (sulfide) groups is 1. The third-order valence-corrected chi connectivity index (χ3v) is 4.02. The molecule has 1 aromatic heterocycles. The molecule has 1 heterocycles. The molecule has 0 bridgehead atoms. The van der Waals surface area contributed by atoms with E-state index in [0.29, 0.717) is 0 Å². The predicted molar refractivity (Wildman–Crippen MR) is 77.0 cm³/mol. The fourth-order valence-electron chi connectivity index (χ4n) is 1.48. The lowest BCUT2D eigenvalue weighted by molar-refractivity contribution is 0.748. The van der Waals surface area contributed by atoms with Gasteiger partial charge in [0, 0.05) is 23.9 Å². The molecule has 0 saturated heterocycles. The van der Waals surface area contributed by atoms with Crippen LogP contribution in [0.15, 0.2) is 6.33 Å². The lowest BCUT2D eigenvalue weighted by atomic mass is 10.2. The lowest BCUT2D eigenvalue weighted by Gasteiger charge is -2.23. The summed E-state index contributed by atoms with van der Waals surface area (Å²) < 4.78 is 0.204. The number of nitrogens with one attached hydrogen (secondary N) is 2. The van der Waals surface area contributed by atoms with Crippen molar-refractivity contribution in [1.29, 1.82) is 0 Å². The Hall–Kier alpha value is -0.970. The SMILES string of the molecule is CCc1c(NC)ncnc1NCC(C)(C)SC. The Morgan fingerprint density at radius 1 is 1.29 bits per heavy atom. The summed E-state index contributed by atoms with van der Waals surface area (Å²) in [6, 6.07) is 0. The molecule has 0 unspecified atom stereocenters. The van der Waals surface area contributed by atoms with Crippen molar-refractivity contribution in [2.75, 3.05) is 30.5 Å². The fraction of sp³-hybridized carbons (Fsp3) is 0.667. The van der Waals surface area contributed by atoms with Crippen molar-refractivity contribution in [1.82, 2.24) is 9.97 Å². The van der Waals surface area contributed by atoms with Gasteiger partial charge in [0.2, 0.25) is 0 Å². The zero-order valence-electron chi connectivity index (χ0n) is 11.3. The molecular weight excluding hydrogens is 232 g/mol. The van der Waals surface area contributed by atoms with Crippen LogP contribution in [-0.4, -0.2) is 34.6 Å². The summed E-state index contributed by atoms with van der Waals surface area (Å²) in [6.45, 7) is 7.44. The minimum atomic E-state index is 0.204. The molecule has 0 radical (unpaired) electrons. The van der Waals surface area contributed by atoms with Gasteiger partial charge in [-0.3, -0.25) is 0 Å². The maximum atomic E-state index is 4.32. The minimum Gasteiger partial charge on any atom is -0.373 e. The second-order valence-electron chi connectivity index (χ2n) is 4.47. The van der Waals surface area contributed by atoms with Crippen molar-refractivity contribution in [2.24, 2.45) is 0 Å². The Morgan fingerprint density at radius 3 is 2.47 bits per heavy atom. The smallest absolute Gasteiger partial charge is 0.134 e. The summed E-state index contributed by atoms with van der Waals surface area (Å²) >= 11 is 1.85. The summed E-state index contributed by atoms with van der Waals surface area (Å²) in [6.07, 6.45) is 4.64. The molecule has 4 nitrogen and oxygen atoms in total. The van der Waals surface area contributed by atoms with Crippen molar-refractivity contribution in [3.63, 3.8) is 0 Å². The zero-order valence-corrected chi connectivity index (χ0v) is 12.1. The molecule has 0 aliphatic rings. The summed E-state index contributed by atoms with van der Waals surface area (Å²) in [4.78, 5) is 8.55. The van der Waals surface area contributed by atoms with Gasteiger partial charge in [-0.25, -0.2) is 9.97 Å². The van der Waals surface area contributed by atoms with Gasteiger partial charge in [0.1, 0.15) is 18.0 Å². The van der Waals surface area contributed by atoms with E-state index in [1.54, 1.807) is 6.33 Å². The fourth-order valence-corrected chi connectivity index (χ4v) is 1.70. The van der Waals surface area contributed by atoms with E-state index >= 15 is 0 Å². The molecule has 17 heavy (non-hydrogen) atoms. The average molecular weight is 254 g/mol. The monoisotopic (exact) mass is 254 g/mol. The van der Waals surface area contributed by atoms with Gasteiger partial charge in [-0.1, -0.05) is 6.92 Å². The van der Waals surface area contributed by atoms with E-state index in [-0.39, 0.29) is 4.75 Å². The maximum Gasteiger partial charge on any atom is 0.134 e. The van der Waals surface area contributed by atoms with Crippen LogP contribution in [-0.2, 0) is 6.42 Å². The summed E-state index contributed by atoms with van der Waals surface area (Å²) in [5, 5.41) is 6.52. The number of nitrogens with zero attached hydrogens (tertiary/aromatic N) is 2. The Labute approximate surface area is 108 Å². The van der Waals surface area contributed by atoms with Crippen LogP contribution in [0.25, 0.3) is 0 Å². The quantitative estimate of drug-likeness (QED) is 0.817. The normalized spacial score (nSPS) is 11.4. The third-order valence-electron chi connectivity index (χ3n) is 2.77. The molecule has 0 aliphatic heterocycles. The highest BCUT2D eigenvalue weighted by Gasteiger charge is 2.17. The molecule has 5 heteroatoms. The Kier molecular flexibility index (Phi) is 5.05. The zero-order chi connectivity index (χ0) is 12.9. The van der Waals surface area contributed by atoms with Crippen molar-refractivity contribution < 1.29 is 0 Å². The lowest BCUT2D eigenvalue weighted by Crippen LogP contribution is -2.26. The Balaban J connectivity index is 2.84. The van der Waals surface area contributed by atoms with E-state index < -0.39 is 0 Å². The van der Waals surface area contributed by atoms with Gasteiger partial charge in [-0.05, 0) is 26.5 Å². The van der Waals surface area contributed by atoms with Gasteiger partial charge in [0.25, 0.3) is 0 Å². The summed E-state index contributed by atoms with van der Waals surface area (Å²) in [5.41, 5.74) is 1.15. The van der Waals surface area contributed by atoms with Crippen molar-refractivity contribution >= 4 is 23.4 Å². The van der Waals surface area contributed by atoms with Gasteiger partial charge in [0.15, 0.2) is 0 Å². The van der Waals surface area contributed by atoms with Crippen LogP contribution in [0.1, 0.15) is 26.3 Å². The van der Waals surface area contributed by atoms with Crippen LogP contribution in [0, 0.1) is 0 Å². The molecule has 0 spiro atoms. The first-order chi connectivity index (χ1) is 8.04. The highest BCUT2D eigenvalue weighted by molar-refractivity contribution is 7.99. The van der Waals surface area contributed by atoms with Gasteiger partial charge < -0.3 is 10.6 Å². The first-order valence-electron chi connectivity index (χ1n) is 5.84. The van der Waals surface area contributed by atoms with Crippen LogP contribution >= 0.6 is 11.8 Å². The predicted octanol–water partition coefficient (Wildman–Crippen LogP) is 2.63. The average Bonchev–Trinajstić information content (AvgIpc) is 2.35. The number of hydrogen-bond donors (Lipinski definition) is 2. The first-order valence-corrected chi connectivity index (χ1v) is 7.07. The summed E-state index contributed by atoms with van der Waals surface area (Å²) in [5.74, 6) is 1.85. The Morgan fingerprint density at radius 2 is 1.94 bits per heavy atom. The van der Waals surface area contributed by atoms with E-state index in [4.69, 9.17) is 0 Å². The van der Waals surface area contributed by atoms with Crippen molar-refractivity contribution in [2.45, 2.75) is 31.9 Å². The second kappa shape index (κ2) is 6.10. The van der Waals surface area contributed by atoms with Crippen molar-refractivity contribution in [3.05, 3.63) is 11.9 Å². The minimum absolute atomic E-state index is 0.204. The van der Waals surface area contributed by atoms with E-state index in [0.717, 1.165) is 30.2 Å². The van der Waals surface area contributed by atoms with Crippen LogP contribution in [0.2, 0.25) is 0 Å². The molecule has 1 rings (SSSR count). The van der Waals surface area contributed by atoms with Gasteiger partial charge in [-0.15, -0.1) is 0 Å². The van der Waals surface area contributed by atoms with E-state index in [2.05, 4.69) is 47.6 Å². The molecule has 96 valence electrons. The van der Waals surface area contributed by atoms with Gasteiger partial charge >= 0.3 is 0 Å². The molecule has 1 aromatic rings. The molecule has 0 aromatic carbocycles. The van der Waals surface area contributed by atoms with Gasteiger partial charge in [0.05, 0.1) is 0 Å². The molecule has 0 atom stereocenters. The molecular formula is C12H22N4S. The first kappa shape index (κ1) is 14.1. The second-order valence-corrected chi connectivity index (χ2v) is 5.98. The van der Waals surface area contributed by atoms with Crippen LogP contribution in [0.4, 0.5) is 11.6 Å². The molecule has 2 N–H and O–H groups in total. The molecule has 0 fully saturated rings. The van der Waals surface area contributed by atoms with E-state index in [1.807, 2.05) is 18.8 Å². The van der Waals surface area contributed by atoms with Crippen LogP contribution in [0.3, 0.4) is 0 Å².